The number of ether oxygens (including phenoxy) is 1. The molecular formula is C24H32N2O3S. The highest BCUT2D eigenvalue weighted by atomic mass is 32.2. The molecule has 2 aromatic rings. The van der Waals surface area contributed by atoms with E-state index in [-0.39, 0.29) is 13.0 Å². The van der Waals surface area contributed by atoms with E-state index in [4.69, 9.17) is 9.84 Å². The lowest BCUT2D eigenvalue weighted by Gasteiger charge is -2.29. The Hall–Kier alpha value is -2.34. The molecule has 1 atom stereocenters. The third kappa shape index (κ3) is 5.63. The maximum Gasteiger partial charge on any atom is 0.306 e. The highest BCUT2D eigenvalue weighted by molar-refractivity contribution is 7.99. The number of para-hydroxylation sites is 1. The van der Waals surface area contributed by atoms with Gasteiger partial charge in [-0.05, 0) is 36.6 Å². The molecule has 0 bridgehead atoms. The van der Waals surface area contributed by atoms with Gasteiger partial charge in [-0.1, -0.05) is 38.0 Å². The summed E-state index contributed by atoms with van der Waals surface area (Å²) in [5.74, 6) is 1.58. The molecule has 1 aliphatic heterocycles. The highest BCUT2D eigenvalue weighted by Crippen LogP contribution is 2.45. The smallest absolute Gasteiger partial charge is 0.306 e. The van der Waals surface area contributed by atoms with Gasteiger partial charge >= 0.3 is 5.97 Å². The standard InChI is InChI=1S/C24H32N2O3S/c1-4-5-9-18-16-26(19-10-7-6-8-11-19)21-14-20(25(2)3)22(15-23(21)30-17-18)29-13-12-24(27)28/h6-8,10-11,14-15,18H,4-5,9,12-13,16-17H2,1-3H3,(H,27,28). The van der Waals surface area contributed by atoms with Crippen LogP contribution in [-0.2, 0) is 4.79 Å². The fourth-order valence-electron chi connectivity index (χ4n) is 3.72. The Kier molecular flexibility index (Phi) is 7.91. The predicted molar refractivity (Wildman–Crippen MR) is 126 cm³/mol. The van der Waals surface area contributed by atoms with Gasteiger partial charge in [-0.3, -0.25) is 4.79 Å². The second-order valence-electron chi connectivity index (χ2n) is 7.94. The van der Waals surface area contributed by atoms with Gasteiger partial charge in [-0.15, -0.1) is 11.8 Å². The van der Waals surface area contributed by atoms with Crippen molar-refractivity contribution in [1.82, 2.24) is 0 Å². The zero-order valence-corrected chi connectivity index (χ0v) is 19.0. The van der Waals surface area contributed by atoms with Crippen molar-refractivity contribution in [3.05, 3.63) is 42.5 Å². The van der Waals surface area contributed by atoms with Gasteiger partial charge in [0.25, 0.3) is 0 Å². The van der Waals surface area contributed by atoms with Crippen LogP contribution in [0.15, 0.2) is 47.4 Å². The molecule has 0 aromatic heterocycles. The van der Waals surface area contributed by atoms with Crippen LogP contribution in [0.1, 0.15) is 32.6 Å². The Labute approximate surface area is 184 Å². The number of thioether (sulfide) groups is 1. The number of carbonyl (C=O) groups is 1. The minimum atomic E-state index is -0.848. The molecule has 0 aliphatic carbocycles. The molecule has 6 heteroatoms. The summed E-state index contributed by atoms with van der Waals surface area (Å²) in [6.45, 7) is 3.41. The number of aliphatic carboxylic acids is 1. The van der Waals surface area contributed by atoms with Crippen molar-refractivity contribution < 1.29 is 14.6 Å². The topological polar surface area (TPSA) is 53.0 Å². The lowest BCUT2D eigenvalue weighted by atomic mass is 10.0. The van der Waals surface area contributed by atoms with Crippen molar-refractivity contribution in [3.63, 3.8) is 0 Å². The van der Waals surface area contributed by atoms with Gasteiger partial charge in [0.2, 0.25) is 0 Å². The zero-order chi connectivity index (χ0) is 21.5. The molecular weight excluding hydrogens is 396 g/mol. The molecule has 0 saturated carbocycles. The summed E-state index contributed by atoms with van der Waals surface area (Å²) in [6, 6.07) is 14.8. The van der Waals surface area contributed by atoms with E-state index in [0.717, 1.165) is 23.7 Å². The second-order valence-corrected chi connectivity index (χ2v) is 9.00. The summed E-state index contributed by atoms with van der Waals surface area (Å²) in [6.07, 6.45) is 3.68. The number of carboxylic acid groups (broad SMARTS) is 1. The fraction of sp³-hybridized carbons (Fsp3) is 0.458. The van der Waals surface area contributed by atoms with Gasteiger partial charge in [0, 0.05) is 37.0 Å². The first-order valence-electron chi connectivity index (χ1n) is 10.6. The largest absolute Gasteiger partial charge is 0.491 e. The van der Waals surface area contributed by atoms with Crippen LogP contribution in [0.3, 0.4) is 0 Å². The van der Waals surface area contributed by atoms with E-state index in [1.807, 2.05) is 30.8 Å². The van der Waals surface area contributed by atoms with Crippen molar-refractivity contribution in [1.29, 1.82) is 0 Å². The van der Waals surface area contributed by atoms with Gasteiger partial charge in [0.15, 0.2) is 0 Å². The van der Waals surface area contributed by atoms with Gasteiger partial charge in [0.1, 0.15) is 5.75 Å². The molecule has 1 N–H and O–H groups in total. The monoisotopic (exact) mass is 428 g/mol. The number of nitrogens with zero attached hydrogens (tertiary/aromatic N) is 2. The van der Waals surface area contributed by atoms with Crippen molar-refractivity contribution in [2.75, 3.05) is 42.8 Å². The number of anilines is 3. The number of hydrogen-bond acceptors (Lipinski definition) is 5. The normalized spacial score (nSPS) is 16.0. The molecule has 0 spiro atoms. The molecule has 1 aliphatic rings. The first kappa shape index (κ1) is 22.3. The quantitative estimate of drug-likeness (QED) is 0.556. The van der Waals surface area contributed by atoms with Crippen LogP contribution in [0.5, 0.6) is 5.75 Å². The molecule has 1 heterocycles. The number of carboxylic acids is 1. The molecule has 3 rings (SSSR count). The first-order chi connectivity index (χ1) is 14.5. The van der Waals surface area contributed by atoms with Crippen LogP contribution >= 0.6 is 11.8 Å². The summed E-state index contributed by atoms with van der Waals surface area (Å²) in [7, 11) is 3.99. The van der Waals surface area contributed by atoms with E-state index in [2.05, 4.69) is 54.3 Å². The Morgan fingerprint density at radius 3 is 2.70 bits per heavy atom. The third-order valence-corrected chi connectivity index (χ3v) is 6.61. The fourth-order valence-corrected chi connectivity index (χ4v) is 4.91. The summed E-state index contributed by atoms with van der Waals surface area (Å²) < 4.78 is 5.89. The average Bonchev–Trinajstić information content (AvgIpc) is 2.91. The van der Waals surface area contributed by atoms with Gasteiger partial charge in [-0.2, -0.15) is 0 Å². The molecule has 30 heavy (non-hydrogen) atoms. The molecule has 0 saturated heterocycles. The van der Waals surface area contributed by atoms with Crippen LogP contribution in [-0.4, -0.2) is 44.1 Å². The maximum atomic E-state index is 10.9. The minimum absolute atomic E-state index is 0.00761. The van der Waals surface area contributed by atoms with Crippen molar-refractivity contribution in [2.45, 2.75) is 37.5 Å². The van der Waals surface area contributed by atoms with Gasteiger partial charge in [0.05, 0.1) is 24.4 Å². The summed E-state index contributed by atoms with van der Waals surface area (Å²) >= 11 is 1.88. The van der Waals surface area contributed by atoms with E-state index in [1.165, 1.54) is 35.5 Å². The van der Waals surface area contributed by atoms with Gasteiger partial charge < -0.3 is 19.6 Å². The van der Waals surface area contributed by atoms with Crippen LogP contribution in [0.25, 0.3) is 0 Å². The first-order valence-corrected chi connectivity index (χ1v) is 11.6. The Bertz CT molecular complexity index is 842. The van der Waals surface area contributed by atoms with E-state index in [0.29, 0.717) is 5.92 Å². The molecule has 5 nitrogen and oxygen atoms in total. The van der Waals surface area contributed by atoms with Crippen LogP contribution in [0.4, 0.5) is 17.1 Å². The van der Waals surface area contributed by atoms with Crippen LogP contribution < -0.4 is 14.5 Å². The third-order valence-electron chi connectivity index (χ3n) is 5.34. The molecule has 0 fully saturated rings. The summed E-state index contributed by atoms with van der Waals surface area (Å²) in [4.78, 5) is 16.6. The van der Waals surface area contributed by atoms with Crippen molar-refractivity contribution >= 4 is 34.8 Å². The van der Waals surface area contributed by atoms with E-state index in [1.54, 1.807) is 0 Å². The number of benzene rings is 2. The molecule has 162 valence electrons. The lowest BCUT2D eigenvalue weighted by molar-refractivity contribution is -0.137. The summed E-state index contributed by atoms with van der Waals surface area (Å²) in [5, 5.41) is 8.96. The lowest BCUT2D eigenvalue weighted by Crippen LogP contribution is -2.25. The molecule has 1 unspecified atom stereocenters. The SMILES string of the molecule is CCCCC1CSc2cc(OCCC(=O)O)c(N(C)C)cc2N(c2ccccc2)C1. The second kappa shape index (κ2) is 10.6. The molecule has 2 aromatic carbocycles. The molecule has 0 radical (unpaired) electrons. The van der Waals surface area contributed by atoms with Crippen LogP contribution in [0, 0.1) is 5.92 Å². The van der Waals surface area contributed by atoms with Crippen molar-refractivity contribution in [3.8, 4) is 5.75 Å². The zero-order valence-electron chi connectivity index (χ0n) is 18.1. The Morgan fingerprint density at radius 1 is 1.27 bits per heavy atom. The number of hydrogen-bond donors (Lipinski definition) is 1. The number of fused-ring (bicyclic) bond motifs is 1. The number of rotatable bonds is 9. The number of unbranched alkanes of at least 4 members (excludes halogenated alkanes) is 1. The van der Waals surface area contributed by atoms with E-state index >= 15 is 0 Å². The van der Waals surface area contributed by atoms with Crippen molar-refractivity contribution in [2.24, 2.45) is 5.92 Å². The predicted octanol–water partition coefficient (Wildman–Crippen LogP) is 5.66. The molecule has 0 amide bonds. The summed E-state index contributed by atoms with van der Waals surface area (Å²) in [5.41, 5.74) is 3.36. The maximum absolute atomic E-state index is 10.9. The minimum Gasteiger partial charge on any atom is -0.491 e. The Morgan fingerprint density at radius 2 is 2.03 bits per heavy atom. The van der Waals surface area contributed by atoms with E-state index in [9.17, 15) is 4.79 Å². The van der Waals surface area contributed by atoms with Gasteiger partial charge in [-0.25, -0.2) is 0 Å². The van der Waals surface area contributed by atoms with Crippen LogP contribution in [0.2, 0.25) is 0 Å². The average molecular weight is 429 g/mol. The Balaban J connectivity index is 1.99. The van der Waals surface area contributed by atoms with E-state index < -0.39 is 5.97 Å². The highest BCUT2D eigenvalue weighted by Gasteiger charge is 2.26.